The highest BCUT2D eigenvalue weighted by molar-refractivity contribution is 6.30. The van der Waals surface area contributed by atoms with Gasteiger partial charge in [0.2, 0.25) is 0 Å². The highest BCUT2D eigenvalue weighted by Crippen LogP contribution is 2.30. The molecule has 1 aromatic carbocycles. The lowest BCUT2D eigenvalue weighted by atomic mass is 10.1. The molecule has 0 unspecified atom stereocenters. The third-order valence-electron chi connectivity index (χ3n) is 4.97. The van der Waals surface area contributed by atoms with E-state index >= 15 is 0 Å². The molecule has 6 nitrogen and oxygen atoms in total. The minimum Gasteiger partial charge on any atom is -0.465 e. The summed E-state index contributed by atoms with van der Waals surface area (Å²) < 4.78 is 5.68. The number of ether oxygens (including phenoxy) is 1. The second-order valence-corrected chi connectivity index (χ2v) is 7.13. The van der Waals surface area contributed by atoms with Crippen molar-refractivity contribution in [3.63, 3.8) is 0 Å². The largest absolute Gasteiger partial charge is 0.465 e. The molecule has 7 heteroatoms. The molecule has 0 spiro atoms. The fourth-order valence-electron chi connectivity index (χ4n) is 3.55. The molecule has 0 radical (unpaired) electrons. The van der Waals surface area contributed by atoms with Crippen molar-refractivity contribution in [1.82, 2.24) is 9.80 Å². The molecule has 2 aliphatic heterocycles. The summed E-state index contributed by atoms with van der Waals surface area (Å²) in [5.41, 5.74) is 2.33. The number of carbonyl (C=O) groups is 1. The molecule has 0 aromatic heterocycles. The number of piperazine rings is 1. The van der Waals surface area contributed by atoms with Crippen LogP contribution in [0.1, 0.15) is 12.0 Å². The number of carboxylic acid groups (broad SMARTS) is 1. The molecule has 2 saturated heterocycles. The fourth-order valence-corrected chi connectivity index (χ4v) is 3.72. The summed E-state index contributed by atoms with van der Waals surface area (Å²) in [6.45, 7) is 5.41. The van der Waals surface area contributed by atoms with Crippen molar-refractivity contribution in [3.8, 4) is 12.3 Å². The van der Waals surface area contributed by atoms with E-state index < -0.39 is 6.09 Å². The van der Waals surface area contributed by atoms with Gasteiger partial charge in [0.25, 0.3) is 0 Å². The predicted octanol–water partition coefficient (Wildman–Crippen LogP) is 2.36. The Balaban J connectivity index is 1.65. The van der Waals surface area contributed by atoms with Crippen LogP contribution in [0.25, 0.3) is 0 Å². The van der Waals surface area contributed by atoms with Crippen molar-refractivity contribution < 1.29 is 14.6 Å². The Morgan fingerprint density at radius 3 is 2.77 bits per heavy atom. The molecule has 3 rings (SSSR count). The van der Waals surface area contributed by atoms with E-state index in [1.165, 1.54) is 10.5 Å². The summed E-state index contributed by atoms with van der Waals surface area (Å²) in [6.07, 6.45) is 5.54. The lowest BCUT2D eigenvalue weighted by molar-refractivity contribution is 0.0947. The standard InChI is InChI=1S/C19H24ClN3O3/c1-2-11-26-17-5-6-23(14-17)18-12-16(20)4-3-15(18)13-21-7-9-22(10-8-21)19(24)25/h1,3-4,12,17H,5-11,13-14H2,(H,24,25)/t17-/m0/s1. The maximum atomic E-state index is 11.1. The molecule has 26 heavy (non-hydrogen) atoms. The van der Waals surface area contributed by atoms with Gasteiger partial charge in [0.15, 0.2) is 0 Å². The summed E-state index contributed by atoms with van der Waals surface area (Å²) >= 11 is 6.24. The second-order valence-electron chi connectivity index (χ2n) is 6.69. The van der Waals surface area contributed by atoms with E-state index in [9.17, 15) is 4.79 Å². The summed E-state index contributed by atoms with van der Waals surface area (Å²) in [5.74, 6) is 2.52. The molecule has 2 heterocycles. The number of hydrogen-bond acceptors (Lipinski definition) is 4. The second kappa shape index (κ2) is 8.63. The molecule has 1 amide bonds. The maximum Gasteiger partial charge on any atom is 0.407 e. The van der Waals surface area contributed by atoms with E-state index in [-0.39, 0.29) is 6.10 Å². The first-order valence-electron chi connectivity index (χ1n) is 8.85. The van der Waals surface area contributed by atoms with Crippen LogP contribution in [0.4, 0.5) is 10.5 Å². The molecule has 2 aliphatic rings. The van der Waals surface area contributed by atoms with Crippen molar-refractivity contribution in [2.75, 3.05) is 50.8 Å². The van der Waals surface area contributed by atoms with Crippen LogP contribution in [0.2, 0.25) is 5.02 Å². The molecular weight excluding hydrogens is 354 g/mol. The van der Waals surface area contributed by atoms with Crippen LogP contribution in [0.5, 0.6) is 0 Å². The number of benzene rings is 1. The molecule has 1 aromatic rings. The quantitative estimate of drug-likeness (QED) is 0.798. The van der Waals surface area contributed by atoms with Gasteiger partial charge in [-0.1, -0.05) is 23.6 Å². The van der Waals surface area contributed by atoms with E-state index in [1.54, 1.807) is 0 Å². The van der Waals surface area contributed by atoms with Crippen LogP contribution >= 0.6 is 11.6 Å². The Labute approximate surface area is 159 Å². The van der Waals surface area contributed by atoms with Crippen LogP contribution in [-0.2, 0) is 11.3 Å². The van der Waals surface area contributed by atoms with Crippen molar-refractivity contribution >= 4 is 23.4 Å². The topological polar surface area (TPSA) is 56.2 Å². The van der Waals surface area contributed by atoms with Gasteiger partial charge in [0.1, 0.15) is 6.61 Å². The zero-order valence-corrected chi connectivity index (χ0v) is 15.5. The maximum absolute atomic E-state index is 11.1. The van der Waals surface area contributed by atoms with Gasteiger partial charge in [-0.2, -0.15) is 0 Å². The van der Waals surface area contributed by atoms with Crippen molar-refractivity contribution in [3.05, 3.63) is 28.8 Å². The zero-order chi connectivity index (χ0) is 18.5. The fraction of sp³-hybridized carbons (Fsp3) is 0.526. The van der Waals surface area contributed by atoms with Crippen LogP contribution in [-0.4, -0.2) is 73.0 Å². The Hall–Kier alpha value is -1.94. The summed E-state index contributed by atoms with van der Waals surface area (Å²) in [5, 5.41) is 9.80. The van der Waals surface area contributed by atoms with E-state index in [0.717, 1.165) is 44.8 Å². The molecule has 0 bridgehead atoms. The summed E-state index contributed by atoms with van der Waals surface area (Å²) in [4.78, 5) is 17.1. The minimum absolute atomic E-state index is 0.150. The van der Waals surface area contributed by atoms with Gasteiger partial charge >= 0.3 is 6.09 Å². The predicted molar refractivity (Wildman–Crippen MR) is 102 cm³/mol. The number of terminal acetylenes is 1. The molecular formula is C19H24ClN3O3. The van der Waals surface area contributed by atoms with Gasteiger partial charge in [-0.25, -0.2) is 4.79 Å². The van der Waals surface area contributed by atoms with Crippen LogP contribution in [0.15, 0.2) is 18.2 Å². The number of rotatable bonds is 5. The number of halogens is 1. The Kier molecular flexibility index (Phi) is 6.25. The van der Waals surface area contributed by atoms with Crippen molar-refractivity contribution in [1.29, 1.82) is 0 Å². The molecule has 0 aliphatic carbocycles. The number of amides is 1. The molecule has 140 valence electrons. The van der Waals surface area contributed by atoms with E-state index in [4.69, 9.17) is 27.9 Å². The number of hydrogen-bond donors (Lipinski definition) is 1. The van der Waals surface area contributed by atoms with Crippen LogP contribution in [0.3, 0.4) is 0 Å². The first kappa shape index (κ1) is 18.8. The normalized spacial score (nSPS) is 21.0. The van der Waals surface area contributed by atoms with E-state index in [0.29, 0.717) is 24.7 Å². The molecule has 1 N–H and O–H groups in total. The van der Waals surface area contributed by atoms with Crippen molar-refractivity contribution in [2.45, 2.75) is 19.1 Å². The Bertz CT molecular complexity index is 683. The highest BCUT2D eigenvalue weighted by atomic mass is 35.5. The average Bonchev–Trinajstić information content (AvgIpc) is 3.10. The Morgan fingerprint density at radius 2 is 2.08 bits per heavy atom. The summed E-state index contributed by atoms with van der Waals surface area (Å²) in [6, 6.07) is 5.99. The van der Waals surface area contributed by atoms with E-state index in [1.807, 2.05) is 12.1 Å². The monoisotopic (exact) mass is 377 g/mol. The van der Waals surface area contributed by atoms with Crippen LogP contribution in [0, 0.1) is 12.3 Å². The zero-order valence-electron chi connectivity index (χ0n) is 14.7. The molecule has 2 fully saturated rings. The first-order chi connectivity index (χ1) is 12.6. The SMILES string of the molecule is C#CCO[C@H]1CCN(c2cc(Cl)ccc2CN2CCN(C(=O)O)CC2)C1. The van der Waals surface area contributed by atoms with Gasteiger partial charge in [-0.15, -0.1) is 6.42 Å². The minimum atomic E-state index is -0.841. The molecule has 0 saturated carbocycles. The number of anilines is 1. The molecule has 1 atom stereocenters. The number of nitrogens with zero attached hydrogens (tertiary/aromatic N) is 3. The van der Waals surface area contributed by atoms with Gasteiger partial charge in [-0.3, -0.25) is 4.90 Å². The third kappa shape index (κ3) is 4.61. The van der Waals surface area contributed by atoms with E-state index in [2.05, 4.69) is 21.8 Å². The lowest BCUT2D eigenvalue weighted by Gasteiger charge is -2.34. The highest BCUT2D eigenvalue weighted by Gasteiger charge is 2.26. The lowest BCUT2D eigenvalue weighted by Crippen LogP contribution is -2.47. The third-order valence-corrected chi connectivity index (χ3v) is 5.21. The van der Waals surface area contributed by atoms with Gasteiger partial charge < -0.3 is 19.6 Å². The van der Waals surface area contributed by atoms with Crippen LogP contribution < -0.4 is 4.90 Å². The Morgan fingerprint density at radius 1 is 1.31 bits per heavy atom. The van der Waals surface area contributed by atoms with Gasteiger partial charge in [0, 0.05) is 56.5 Å². The van der Waals surface area contributed by atoms with Crippen molar-refractivity contribution in [2.24, 2.45) is 0 Å². The average molecular weight is 378 g/mol. The first-order valence-corrected chi connectivity index (χ1v) is 9.23. The smallest absolute Gasteiger partial charge is 0.407 e. The van der Waals surface area contributed by atoms with Gasteiger partial charge in [-0.05, 0) is 24.1 Å². The summed E-state index contributed by atoms with van der Waals surface area (Å²) in [7, 11) is 0. The van der Waals surface area contributed by atoms with Gasteiger partial charge in [0.05, 0.1) is 6.10 Å².